The Morgan fingerprint density at radius 1 is 1.56 bits per heavy atom. The van der Waals surface area contributed by atoms with Crippen LogP contribution < -0.4 is 0 Å². The molecule has 0 aliphatic rings. The van der Waals surface area contributed by atoms with Crippen molar-refractivity contribution in [3.05, 3.63) is 0 Å². The number of rotatable bonds is 3. The number of aliphatic carboxylic acids is 1. The lowest BCUT2D eigenvalue weighted by atomic mass is 10.3. The summed E-state index contributed by atoms with van der Waals surface area (Å²) >= 11 is 6.98. The molecule has 5 heteroatoms. The van der Waals surface area contributed by atoms with Crippen LogP contribution in [0.3, 0.4) is 0 Å². The van der Waals surface area contributed by atoms with Crippen molar-refractivity contribution in [1.29, 1.82) is 0 Å². The fraction of sp³-hybridized carbons (Fsp3) is 0.500. The number of carbonyl (C=O) groups excluding carboxylic acids is 1. The Kier molecular flexibility index (Phi) is 3.72. The molecule has 0 saturated heterocycles. The Balaban J connectivity index is 3.63. The van der Waals surface area contributed by atoms with Crippen LogP contribution in [0.25, 0.3) is 0 Å². The van der Waals surface area contributed by atoms with Gasteiger partial charge in [-0.1, -0.05) is 0 Å². The Morgan fingerprint density at radius 2 is 2.00 bits per heavy atom. The zero-order valence-electron chi connectivity index (χ0n) is 4.44. The molecule has 0 aliphatic carbocycles. The quantitative estimate of drug-likeness (QED) is 0.525. The van der Waals surface area contributed by atoms with Crippen LogP contribution in [-0.4, -0.2) is 21.4 Å². The molecule has 0 radical (unpaired) electrons. The van der Waals surface area contributed by atoms with E-state index in [2.05, 4.69) is 25.3 Å². The molecule has 0 rings (SSSR count). The van der Waals surface area contributed by atoms with Gasteiger partial charge in [0.2, 0.25) is 0 Å². The molecule has 9 heavy (non-hydrogen) atoms. The van der Waals surface area contributed by atoms with Crippen LogP contribution in [0.4, 0.5) is 0 Å². The van der Waals surface area contributed by atoms with Gasteiger partial charge in [0.15, 0.2) is 5.12 Å². The summed E-state index contributed by atoms with van der Waals surface area (Å²) in [6.07, 6.45) is -0.137. The SMILES string of the molecule is O=C(S)CC(S)C(=O)O. The minimum atomic E-state index is -1.10. The maximum absolute atomic E-state index is 10.1. The van der Waals surface area contributed by atoms with Gasteiger partial charge in [-0.15, -0.1) is 12.6 Å². The van der Waals surface area contributed by atoms with Crippen LogP contribution in [0.5, 0.6) is 0 Å². The van der Waals surface area contributed by atoms with Gasteiger partial charge < -0.3 is 5.11 Å². The first-order valence-corrected chi connectivity index (χ1v) is 3.13. The van der Waals surface area contributed by atoms with Gasteiger partial charge in [-0.05, 0) is 0 Å². The van der Waals surface area contributed by atoms with Crippen molar-refractivity contribution in [3.8, 4) is 0 Å². The summed E-state index contributed by atoms with van der Waals surface area (Å²) < 4.78 is 0. The van der Waals surface area contributed by atoms with Gasteiger partial charge in [0.05, 0.1) is 0 Å². The summed E-state index contributed by atoms with van der Waals surface area (Å²) in [6.45, 7) is 0. The van der Waals surface area contributed by atoms with E-state index in [4.69, 9.17) is 5.11 Å². The lowest BCUT2D eigenvalue weighted by Crippen LogP contribution is -2.15. The van der Waals surface area contributed by atoms with Gasteiger partial charge in [-0.3, -0.25) is 9.59 Å². The Labute approximate surface area is 63.3 Å². The van der Waals surface area contributed by atoms with E-state index >= 15 is 0 Å². The number of thiol groups is 2. The smallest absolute Gasteiger partial charge is 0.316 e. The normalized spacial score (nSPS) is 12.7. The molecule has 3 nitrogen and oxygen atoms in total. The van der Waals surface area contributed by atoms with E-state index in [9.17, 15) is 9.59 Å². The first-order valence-electron chi connectivity index (χ1n) is 2.16. The molecule has 1 N–H and O–H groups in total. The predicted octanol–water partition coefficient (Wildman–Crippen LogP) is 0.216. The second-order valence-electron chi connectivity index (χ2n) is 1.45. The van der Waals surface area contributed by atoms with Gasteiger partial charge >= 0.3 is 5.97 Å². The molecular weight excluding hydrogens is 160 g/mol. The third-order valence-electron chi connectivity index (χ3n) is 0.653. The highest BCUT2D eigenvalue weighted by Gasteiger charge is 2.13. The van der Waals surface area contributed by atoms with Crippen molar-refractivity contribution in [2.45, 2.75) is 11.7 Å². The van der Waals surface area contributed by atoms with E-state index in [0.29, 0.717) is 0 Å². The van der Waals surface area contributed by atoms with Crippen LogP contribution in [0, 0.1) is 0 Å². The number of hydrogen-bond donors (Lipinski definition) is 3. The Bertz CT molecular complexity index is 134. The molecule has 0 spiro atoms. The van der Waals surface area contributed by atoms with Gasteiger partial charge in [-0.25, -0.2) is 0 Å². The Hall–Kier alpha value is -0.160. The molecule has 0 saturated carbocycles. The average molecular weight is 166 g/mol. The van der Waals surface area contributed by atoms with Gasteiger partial charge in [0, 0.05) is 6.42 Å². The number of carboxylic acid groups (broad SMARTS) is 1. The van der Waals surface area contributed by atoms with Gasteiger partial charge in [0.1, 0.15) is 5.25 Å². The summed E-state index contributed by atoms with van der Waals surface area (Å²) in [5.41, 5.74) is 0. The monoisotopic (exact) mass is 166 g/mol. The summed E-state index contributed by atoms with van der Waals surface area (Å²) in [7, 11) is 0. The first-order chi connectivity index (χ1) is 4.04. The van der Waals surface area contributed by atoms with E-state index in [0.717, 1.165) is 0 Å². The lowest BCUT2D eigenvalue weighted by molar-refractivity contribution is -0.137. The molecule has 0 aromatic rings. The molecule has 1 unspecified atom stereocenters. The number of hydrogen-bond acceptors (Lipinski definition) is 3. The second kappa shape index (κ2) is 3.79. The van der Waals surface area contributed by atoms with E-state index in [-0.39, 0.29) is 6.42 Å². The molecule has 52 valence electrons. The van der Waals surface area contributed by atoms with Crippen LogP contribution >= 0.6 is 25.3 Å². The van der Waals surface area contributed by atoms with E-state index in [1.165, 1.54) is 0 Å². The molecule has 0 fully saturated rings. The van der Waals surface area contributed by atoms with Gasteiger partial charge in [0.25, 0.3) is 0 Å². The highest BCUT2D eigenvalue weighted by Crippen LogP contribution is 2.02. The van der Waals surface area contributed by atoms with Gasteiger partial charge in [-0.2, -0.15) is 12.6 Å². The summed E-state index contributed by atoms with van der Waals surface area (Å²) in [5.74, 6) is -1.10. The maximum Gasteiger partial charge on any atom is 0.316 e. The largest absolute Gasteiger partial charge is 0.480 e. The van der Waals surface area contributed by atoms with Crippen LogP contribution in [0.2, 0.25) is 0 Å². The van der Waals surface area contributed by atoms with Crippen molar-refractivity contribution in [2.24, 2.45) is 0 Å². The summed E-state index contributed by atoms with van der Waals surface area (Å²) in [4.78, 5) is 20.1. The molecule has 1 atom stereocenters. The van der Waals surface area contributed by atoms with Crippen LogP contribution in [0.15, 0.2) is 0 Å². The van der Waals surface area contributed by atoms with Crippen molar-refractivity contribution < 1.29 is 14.7 Å². The summed E-state index contributed by atoms with van der Waals surface area (Å²) in [6, 6.07) is 0. The Morgan fingerprint density at radius 3 is 2.11 bits per heavy atom. The zero-order chi connectivity index (χ0) is 7.44. The zero-order valence-corrected chi connectivity index (χ0v) is 6.23. The molecule has 0 amide bonds. The third-order valence-corrected chi connectivity index (χ3v) is 1.24. The molecule has 0 aromatic heterocycles. The minimum Gasteiger partial charge on any atom is -0.480 e. The highest BCUT2D eigenvalue weighted by atomic mass is 32.1. The average Bonchev–Trinajstić information content (AvgIpc) is 1.63. The molecular formula is C4H6O3S2. The van der Waals surface area contributed by atoms with E-state index in [1.807, 2.05) is 0 Å². The first kappa shape index (κ1) is 8.84. The van der Waals surface area contributed by atoms with Crippen LogP contribution in [-0.2, 0) is 9.59 Å². The number of carbonyl (C=O) groups is 2. The fourth-order valence-electron chi connectivity index (χ4n) is 0.253. The molecule has 0 aromatic carbocycles. The second-order valence-corrected chi connectivity index (χ2v) is 2.57. The highest BCUT2D eigenvalue weighted by molar-refractivity contribution is 7.96. The van der Waals surface area contributed by atoms with Crippen LogP contribution in [0.1, 0.15) is 6.42 Å². The summed E-state index contributed by atoms with van der Waals surface area (Å²) in [5, 5.41) is 6.79. The molecule has 0 aliphatic heterocycles. The van der Waals surface area contributed by atoms with Crippen molar-refractivity contribution >= 4 is 36.3 Å². The van der Waals surface area contributed by atoms with E-state index < -0.39 is 16.3 Å². The number of carboxylic acids is 1. The molecule has 0 bridgehead atoms. The fourth-order valence-corrected chi connectivity index (χ4v) is 0.745. The van der Waals surface area contributed by atoms with Crippen molar-refractivity contribution in [1.82, 2.24) is 0 Å². The maximum atomic E-state index is 10.1. The molecule has 0 heterocycles. The van der Waals surface area contributed by atoms with Crippen molar-refractivity contribution in [2.75, 3.05) is 0 Å². The minimum absolute atomic E-state index is 0.137. The van der Waals surface area contributed by atoms with E-state index in [1.54, 1.807) is 0 Å². The lowest BCUT2D eigenvalue weighted by Gasteiger charge is -1.98. The van der Waals surface area contributed by atoms with Crippen molar-refractivity contribution in [3.63, 3.8) is 0 Å². The topological polar surface area (TPSA) is 54.4 Å². The third kappa shape index (κ3) is 4.35. The predicted molar refractivity (Wildman–Crippen MR) is 39.0 cm³/mol. The standard InChI is InChI=1S/C4H6O3S2/c5-3(9)1-2(8)4(6)7/h2,8H,1H2,(H,5,9)(H,6,7).